The Kier molecular flexibility index (Phi) is 6.04. The zero-order valence-electron chi connectivity index (χ0n) is 12.6. The standard InChI is InChI=1S/C14H19F3N2O3/c1-9-6-10(4-5-11(9)22-3)7-18-13(21)19(2)8-12(20)14(15,16)17/h4-6,12,20H,7-8H2,1-3H3,(H,18,21)/t12-/m1/s1. The Morgan fingerprint density at radius 2 is 2.09 bits per heavy atom. The molecular formula is C14H19F3N2O3. The number of alkyl halides is 3. The Morgan fingerprint density at radius 1 is 1.45 bits per heavy atom. The van der Waals surface area contributed by atoms with E-state index >= 15 is 0 Å². The molecule has 1 aromatic carbocycles. The van der Waals surface area contributed by atoms with Crippen LogP contribution in [0, 0.1) is 6.92 Å². The first-order chi connectivity index (χ1) is 10.1. The Labute approximate surface area is 126 Å². The maximum atomic E-state index is 12.2. The number of benzene rings is 1. The van der Waals surface area contributed by atoms with Gasteiger partial charge in [0.2, 0.25) is 0 Å². The van der Waals surface area contributed by atoms with Crippen LogP contribution in [0.4, 0.5) is 18.0 Å². The van der Waals surface area contributed by atoms with Gasteiger partial charge in [0.25, 0.3) is 0 Å². The molecule has 0 heterocycles. The van der Waals surface area contributed by atoms with E-state index in [1.807, 2.05) is 13.0 Å². The molecule has 0 spiro atoms. The number of aliphatic hydroxyl groups is 1. The van der Waals surface area contributed by atoms with Crippen LogP contribution in [0.25, 0.3) is 0 Å². The molecule has 5 nitrogen and oxygen atoms in total. The second-order valence-corrected chi connectivity index (χ2v) is 4.90. The minimum Gasteiger partial charge on any atom is -0.496 e. The lowest BCUT2D eigenvalue weighted by Gasteiger charge is -2.22. The average molecular weight is 320 g/mol. The molecule has 0 radical (unpaired) electrons. The summed E-state index contributed by atoms with van der Waals surface area (Å²) in [6, 6.07) is 4.60. The van der Waals surface area contributed by atoms with Crippen molar-refractivity contribution in [3.63, 3.8) is 0 Å². The molecule has 0 bridgehead atoms. The van der Waals surface area contributed by atoms with Crippen molar-refractivity contribution < 1.29 is 27.8 Å². The fourth-order valence-electron chi connectivity index (χ4n) is 1.81. The van der Waals surface area contributed by atoms with Gasteiger partial charge >= 0.3 is 12.2 Å². The van der Waals surface area contributed by atoms with Gasteiger partial charge in [0.15, 0.2) is 6.10 Å². The third kappa shape index (κ3) is 5.10. The summed E-state index contributed by atoms with van der Waals surface area (Å²) < 4.78 is 41.8. The first kappa shape index (κ1) is 18.1. The lowest BCUT2D eigenvalue weighted by molar-refractivity contribution is -0.205. The topological polar surface area (TPSA) is 61.8 Å². The number of urea groups is 1. The number of methoxy groups -OCH3 is 1. The molecule has 2 N–H and O–H groups in total. The smallest absolute Gasteiger partial charge is 0.416 e. The highest BCUT2D eigenvalue weighted by molar-refractivity contribution is 5.73. The second kappa shape index (κ2) is 7.35. The molecule has 0 aromatic heterocycles. The molecule has 1 rings (SSSR count). The number of ether oxygens (including phenoxy) is 1. The molecular weight excluding hydrogens is 301 g/mol. The summed E-state index contributed by atoms with van der Waals surface area (Å²) in [5, 5.41) is 11.4. The van der Waals surface area contributed by atoms with Gasteiger partial charge in [0, 0.05) is 13.6 Å². The molecule has 22 heavy (non-hydrogen) atoms. The minimum absolute atomic E-state index is 0.163. The van der Waals surface area contributed by atoms with Crippen molar-refractivity contribution in [1.82, 2.24) is 10.2 Å². The summed E-state index contributed by atoms with van der Waals surface area (Å²) in [5.41, 5.74) is 1.67. The van der Waals surface area contributed by atoms with Gasteiger partial charge in [-0.3, -0.25) is 0 Å². The number of hydrogen-bond acceptors (Lipinski definition) is 3. The van der Waals surface area contributed by atoms with Crippen LogP contribution in [-0.4, -0.2) is 49.0 Å². The molecule has 0 fully saturated rings. The molecule has 0 aliphatic carbocycles. The molecule has 0 saturated heterocycles. The van der Waals surface area contributed by atoms with Crippen LogP contribution in [0.3, 0.4) is 0 Å². The molecule has 1 aromatic rings. The van der Waals surface area contributed by atoms with Gasteiger partial charge in [0.05, 0.1) is 13.7 Å². The second-order valence-electron chi connectivity index (χ2n) is 4.90. The third-order valence-electron chi connectivity index (χ3n) is 3.07. The van der Waals surface area contributed by atoms with Gasteiger partial charge < -0.3 is 20.1 Å². The summed E-state index contributed by atoms with van der Waals surface area (Å²) in [6.07, 6.45) is -7.31. The van der Waals surface area contributed by atoms with Crippen LogP contribution in [-0.2, 0) is 6.54 Å². The lowest BCUT2D eigenvalue weighted by atomic mass is 10.1. The number of aliphatic hydroxyl groups excluding tert-OH is 1. The Hall–Kier alpha value is -1.96. The third-order valence-corrected chi connectivity index (χ3v) is 3.07. The molecule has 0 saturated carbocycles. The number of rotatable bonds is 5. The van der Waals surface area contributed by atoms with Crippen molar-refractivity contribution in [2.75, 3.05) is 20.7 Å². The highest BCUT2D eigenvalue weighted by atomic mass is 19.4. The van der Waals surface area contributed by atoms with E-state index in [0.717, 1.165) is 16.0 Å². The van der Waals surface area contributed by atoms with Crippen LogP contribution in [0.1, 0.15) is 11.1 Å². The van der Waals surface area contributed by atoms with E-state index in [1.165, 1.54) is 7.05 Å². The van der Waals surface area contributed by atoms with E-state index in [1.54, 1.807) is 19.2 Å². The molecule has 1 atom stereocenters. The maximum Gasteiger partial charge on any atom is 0.416 e. The van der Waals surface area contributed by atoms with Crippen LogP contribution >= 0.6 is 0 Å². The van der Waals surface area contributed by atoms with Gasteiger partial charge in [-0.15, -0.1) is 0 Å². The Morgan fingerprint density at radius 3 is 2.59 bits per heavy atom. The van der Waals surface area contributed by atoms with E-state index in [0.29, 0.717) is 5.75 Å². The van der Waals surface area contributed by atoms with Crippen LogP contribution in [0.5, 0.6) is 5.75 Å². The minimum atomic E-state index is -4.75. The fraction of sp³-hybridized carbons (Fsp3) is 0.500. The number of amides is 2. The van der Waals surface area contributed by atoms with Crippen molar-refractivity contribution in [1.29, 1.82) is 0 Å². The summed E-state index contributed by atoms with van der Waals surface area (Å²) in [5.74, 6) is 0.709. The van der Waals surface area contributed by atoms with Crippen molar-refractivity contribution in [3.05, 3.63) is 29.3 Å². The fourth-order valence-corrected chi connectivity index (χ4v) is 1.81. The predicted octanol–water partition coefficient (Wildman–Crippen LogP) is 2.07. The first-order valence-corrected chi connectivity index (χ1v) is 6.52. The van der Waals surface area contributed by atoms with E-state index in [4.69, 9.17) is 9.84 Å². The first-order valence-electron chi connectivity index (χ1n) is 6.52. The number of carbonyl (C=O) groups is 1. The molecule has 0 unspecified atom stereocenters. The number of nitrogens with one attached hydrogen (secondary N) is 1. The highest BCUT2D eigenvalue weighted by Gasteiger charge is 2.39. The monoisotopic (exact) mass is 320 g/mol. The van der Waals surface area contributed by atoms with Gasteiger partial charge in [-0.05, 0) is 24.1 Å². The van der Waals surface area contributed by atoms with Gasteiger partial charge in [-0.1, -0.05) is 12.1 Å². The van der Waals surface area contributed by atoms with E-state index in [-0.39, 0.29) is 6.54 Å². The number of halogens is 3. The van der Waals surface area contributed by atoms with Crippen molar-refractivity contribution in [3.8, 4) is 5.75 Å². The zero-order chi connectivity index (χ0) is 16.9. The van der Waals surface area contributed by atoms with E-state index < -0.39 is 24.9 Å². The number of likely N-dealkylation sites (N-methyl/N-ethyl adjacent to an activating group) is 1. The van der Waals surface area contributed by atoms with Crippen LogP contribution in [0.15, 0.2) is 18.2 Å². The van der Waals surface area contributed by atoms with Crippen molar-refractivity contribution in [2.45, 2.75) is 25.7 Å². The molecule has 8 heteroatoms. The number of carbonyl (C=O) groups excluding carboxylic acids is 1. The van der Waals surface area contributed by atoms with Gasteiger partial charge in [-0.25, -0.2) is 4.79 Å². The average Bonchev–Trinajstić information content (AvgIpc) is 2.43. The van der Waals surface area contributed by atoms with Crippen LogP contribution in [0.2, 0.25) is 0 Å². The molecule has 124 valence electrons. The highest BCUT2D eigenvalue weighted by Crippen LogP contribution is 2.20. The quantitative estimate of drug-likeness (QED) is 0.873. The molecule has 2 amide bonds. The van der Waals surface area contributed by atoms with E-state index in [2.05, 4.69) is 5.32 Å². The summed E-state index contributed by atoms with van der Waals surface area (Å²) in [6.45, 7) is 1.18. The number of hydrogen-bond donors (Lipinski definition) is 2. The summed E-state index contributed by atoms with van der Waals surface area (Å²) in [4.78, 5) is 12.5. The lowest BCUT2D eigenvalue weighted by Crippen LogP contribution is -2.45. The molecule has 0 aliphatic heterocycles. The number of nitrogens with zero attached hydrogens (tertiary/aromatic N) is 1. The summed E-state index contributed by atoms with van der Waals surface area (Å²) in [7, 11) is 2.73. The van der Waals surface area contributed by atoms with E-state index in [9.17, 15) is 18.0 Å². The normalized spacial score (nSPS) is 12.7. The van der Waals surface area contributed by atoms with Crippen molar-refractivity contribution >= 4 is 6.03 Å². The van der Waals surface area contributed by atoms with Crippen LogP contribution < -0.4 is 10.1 Å². The zero-order valence-corrected chi connectivity index (χ0v) is 12.6. The maximum absolute atomic E-state index is 12.2. The van der Waals surface area contributed by atoms with Gasteiger partial charge in [0.1, 0.15) is 5.75 Å². The molecule has 0 aliphatic rings. The SMILES string of the molecule is COc1ccc(CNC(=O)N(C)C[C@@H](O)C(F)(F)F)cc1C. The Bertz CT molecular complexity index is 521. The summed E-state index contributed by atoms with van der Waals surface area (Å²) >= 11 is 0. The predicted molar refractivity (Wildman–Crippen MR) is 74.7 cm³/mol. The Balaban J connectivity index is 2.53. The van der Waals surface area contributed by atoms with Crippen molar-refractivity contribution in [2.24, 2.45) is 0 Å². The largest absolute Gasteiger partial charge is 0.496 e. The van der Waals surface area contributed by atoms with Gasteiger partial charge in [-0.2, -0.15) is 13.2 Å². The number of aryl methyl sites for hydroxylation is 1.